The number of rotatable bonds is 3. The summed E-state index contributed by atoms with van der Waals surface area (Å²) in [6.07, 6.45) is -2.68. The molecule has 0 bridgehead atoms. The molecule has 1 aromatic heterocycles. The Morgan fingerprint density at radius 3 is 2.44 bits per heavy atom. The molecule has 4 rings (SSSR count). The maximum atomic E-state index is 13.0. The van der Waals surface area contributed by atoms with E-state index in [0.29, 0.717) is 38.2 Å². The Bertz CT molecular complexity index is 1060. The third kappa shape index (κ3) is 5.67. The Morgan fingerprint density at radius 2 is 1.74 bits per heavy atom. The summed E-state index contributed by atoms with van der Waals surface area (Å²) >= 11 is 5.80. The SMILES string of the molecule is CN1CCN(C(=O)c2cc3n(c2)CCCN(C(=O)OCc2cc(Cl)cc(C(F)(F)F)c2)C3)CC1. The van der Waals surface area contributed by atoms with E-state index in [1.807, 2.05) is 22.7 Å². The van der Waals surface area contributed by atoms with E-state index in [9.17, 15) is 22.8 Å². The molecule has 1 aromatic carbocycles. The van der Waals surface area contributed by atoms with Crippen molar-refractivity contribution >= 4 is 23.6 Å². The van der Waals surface area contributed by atoms with Crippen molar-refractivity contribution in [1.82, 2.24) is 19.3 Å². The average molecular weight is 499 g/mol. The number of amides is 2. The van der Waals surface area contributed by atoms with Crippen LogP contribution in [0, 0.1) is 0 Å². The molecule has 0 atom stereocenters. The van der Waals surface area contributed by atoms with Crippen LogP contribution >= 0.6 is 11.6 Å². The number of nitrogens with zero attached hydrogens (tertiary/aromatic N) is 4. The van der Waals surface area contributed by atoms with Crippen molar-refractivity contribution in [2.45, 2.75) is 32.3 Å². The molecule has 184 valence electrons. The Morgan fingerprint density at radius 1 is 1.00 bits per heavy atom. The lowest BCUT2D eigenvalue weighted by Gasteiger charge is -2.32. The van der Waals surface area contributed by atoms with Crippen LogP contribution in [0.5, 0.6) is 0 Å². The van der Waals surface area contributed by atoms with Gasteiger partial charge in [-0.05, 0) is 43.3 Å². The second-order valence-electron chi connectivity index (χ2n) is 8.68. The molecule has 3 heterocycles. The summed E-state index contributed by atoms with van der Waals surface area (Å²) in [7, 11) is 2.03. The van der Waals surface area contributed by atoms with Gasteiger partial charge in [0.1, 0.15) is 6.61 Å². The first kappa shape index (κ1) is 24.4. The minimum absolute atomic E-state index is 0.0239. The highest BCUT2D eigenvalue weighted by atomic mass is 35.5. The van der Waals surface area contributed by atoms with Gasteiger partial charge in [-0.3, -0.25) is 4.79 Å². The highest BCUT2D eigenvalue weighted by molar-refractivity contribution is 6.30. The third-order valence-corrected chi connectivity index (χ3v) is 6.33. The molecule has 7 nitrogen and oxygen atoms in total. The van der Waals surface area contributed by atoms with Crippen LogP contribution in [0.1, 0.15) is 33.6 Å². The van der Waals surface area contributed by atoms with Gasteiger partial charge in [0.15, 0.2) is 0 Å². The smallest absolute Gasteiger partial charge is 0.416 e. The average Bonchev–Trinajstić information content (AvgIpc) is 3.08. The molecule has 0 N–H and O–H groups in total. The summed E-state index contributed by atoms with van der Waals surface area (Å²) in [5.74, 6) is -0.0239. The van der Waals surface area contributed by atoms with E-state index in [0.717, 1.165) is 30.9 Å². The largest absolute Gasteiger partial charge is 0.445 e. The molecular weight excluding hydrogens is 473 g/mol. The maximum Gasteiger partial charge on any atom is 0.416 e. The predicted molar refractivity (Wildman–Crippen MR) is 119 cm³/mol. The van der Waals surface area contributed by atoms with Crippen LogP contribution in [0.15, 0.2) is 30.5 Å². The summed E-state index contributed by atoms with van der Waals surface area (Å²) < 4.78 is 46.3. The summed E-state index contributed by atoms with van der Waals surface area (Å²) in [4.78, 5) is 31.1. The Labute approximate surface area is 200 Å². The first-order chi connectivity index (χ1) is 16.1. The number of carbonyl (C=O) groups is 2. The topological polar surface area (TPSA) is 58.0 Å². The lowest BCUT2D eigenvalue weighted by Crippen LogP contribution is -2.47. The van der Waals surface area contributed by atoms with Gasteiger partial charge in [-0.25, -0.2) is 4.79 Å². The van der Waals surface area contributed by atoms with Crippen molar-refractivity contribution in [2.24, 2.45) is 0 Å². The Kier molecular flexibility index (Phi) is 7.09. The number of piperazine rings is 1. The van der Waals surface area contributed by atoms with E-state index >= 15 is 0 Å². The van der Waals surface area contributed by atoms with E-state index in [1.165, 1.54) is 11.0 Å². The highest BCUT2D eigenvalue weighted by Gasteiger charge is 2.31. The third-order valence-electron chi connectivity index (χ3n) is 6.11. The second-order valence-corrected chi connectivity index (χ2v) is 9.12. The highest BCUT2D eigenvalue weighted by Crippen LogP contribution is 2.32. The van der Waals surface area contributed by atoms with Crippen LogP contribution < -0.4 is 0 Å². The molecule has 2 aliphatic heterocycles. The molecular formula is C23H26ClF3N4O3. The van der Waals surface area contributed by atoms with Gasteiger partial charge in [-0.2, -0.15) is 13.2 Å². The maximum absolute atomic E-state index is 13.0. The zero-order chi connectivity index (χ0) is 24.5. The van der Waals surface area contributed by atoms with Gasteiger partial charge in [0, 0.05) is 56.2 Å². The van der Waals surface area contributed by atoms with E-state index in [1.54, 1.807) is 6.07 Å². The molecule has 2 aliphatic rings. The molecule has 34 heavy (non-hydrogen) atoms. The van der Waals surface area contributed by atoms with Crippen LogP contribution in [0.2, 0.25) is 5.02 Å². The number of alkyl halides is 3. The van der Waals surface area contributed by atoms with Crippen molar-refractivity contribution in [3.05, 3.63) is 57.9 Å². The molecule has 1 saturated heterocycles. The normalized spacial score (nSPS) is 17.3. The molecule has 0 spiro atoms. The lowest BCUT2D eigenvalue weighted by atomic mass is 10.1. The van der Waals surface area contributed by atoms with Gasteiger partial charge in [0.25, 0.3) is 5.91 Å². The number of aryl methyl sites for hydroxylation is 1. The molecule has 0 saturated carbocycles. The summed E-state index contributed by atoms with van der Waals surface area (Å²) in [6, 6.07) is 4.90. The van der Waals surface area contributed by atoms with Crippen LogP contribution in [0.25, 0.3) is 0 Å². The van der Waals surface area contributed by atoms with E-state index in [4.69, 9.17) is 16.3 Å². The van der Waals surface area contributed by atoms with Crippen molar-refractivity contribution in [2.75, 3.05) is 39.8 Å². The van der Waals surface area contributed by atoms with Gasteiger partial charge in [0.2, 0.25) is 0 Å². The van der Waals surface area contributed by atoms with Crippen molar-refractivity contribution in [3.8, 4) is 0 Å². The molecule has 11 heteroatoms. The fourth-order valence-electron chi connectivity index (χ4n) is 4.20. The minimum atomic E-state index is -4.54. The lowest BCUT2D eigenvalue weighted by molar-refractivity contribution is -0.137. The molecule has 0 aliphatic carbocycles. The molecule has 2 amide bonds. The monoisotopic (exact) mass is 498 g/mol. The van der Waals surface area contributed by atoms with E-state index in [2.05, 4.69) is 4.90 Å². The molecule has 0 radical (unpaired) electrons. The van der Waals surface area contributed by atoms with Crippen molar-refractivity contribution in [3.63, 3.8) is 0 Å². The van der Waals surface area contributed by atoms with Gasteiger partial charge in [-0.15, -0.1) is 0 Å². The van der Waals surface area contributed by atoms with Crippen molar-refractivity contribution in [1.29, 1.82) is 0 Å². The van der Waals surface area contributed by atoms with Crippen LogP contribution in [0.3, 0.4) is 0 Å². The standard InChI is InChI=1S/C23H26ClF3N4O3/c1-28-5-7-29(8-6-28)21(32)17-11-20-14-31(4-2-3-30(20)13-17)22(33)34-15-16-9-18(23(25,26)27)12-19(24)10-16/h9-13H,2-8,14-15H2,1H3. The zero-order valence-corrected chi connectivity index (χ0v) is 19.5. The van der Waals surface area contributed by atoms with Crippen LogP contribution in [-0.4, -0.2) is 71.0 Å². The Balaban J connectivity index is 1.40. The van der Waals surface area contributed by atoms with Gasteiger partial charge >= 0.3 is 12.3 Å². The summed E-state index contributed by atoms with van der Waals surface area (Å²) in [5.41, 5.74) is 0.671. The zero-order valence-electron chi connectivity index (χ0n) is 18.8. The number of halogens is 4. The first-order valence-electron chi connectivity index (χ1n) is 11.1. The first-order valence-corrected chi connectivity index (χ1v) is 11.4. The fourth-order valence-corrected chi connectivity index (χ4v) is 4.46. The van der Waals surface area contributed by atoms with E-state index < -0.39 is 17.8 Å². The number of hydrogen-bond acceptors (Lipinski definition) is 4. The number of benzene rings is 1. The minimum Gasteiger partial charge on any atom is -0.445 e. The number of likely N-dealkylation sites (N-methyl/N-ethyl adjacent to an activating group) is 1. The number of fused-ring (bicyclic) bond motifs is 1. The summed E-state index contributed by atoms with van der Waals surface area (Å²) in [5, 5.41) is -0.0778. The second kappa shape index (κ2) is 9.87. The quantitative estimate of drug-likeness (QED) is 0.639. The predicted octanol–water partition coefficient (Wildman–Crippen LogP) is 4.09. The number of hydrogen-bond donors (Lipinski definition) is 0. The number of carbonyl (C=O) groups excluding carboxylic acids is 2. The summed E-state index contributed by atoms with van der Waals surface area (Å²) in [6.45, 7) is 4.02. The van der Waals surface area contributed by atoms with Crippen LogP contribution in [-0.2, 0) is 30.6 Å². The number of aromatic nitrogens is 1. The number of ether oxygens (including phenoxy) is 1. The van der Waals surface area contributed by atoms with Gasteiger partial charge < -0.3 is 24.0 Å². The van der Waals surface area contributed by atoms with Crippen LogP contribution in [0.4, 0.5) is 18.0 Å². The van der Waals surface area contributed by atoms with E-state index in [-0.39, 0.29) is 29.6 Å². The van der Waals surface area contributed by atoms with Gasteiger partial charge in [-0.1, -0.05) is 11.6 Å². The Hall–Kier alpha value is -2.72. The molecule has 1 fully saturated rings. The molecule has 0 unspecified atom stereocenters. The molecule has 2 aromatic rings. The van der Waals surface area contributed by atoms with Gasteiger partial charge in [0.05, 0.1) is 17.7 Å². The van der Waals surface area contributed by atoms with Crippen molar-refractivity contribution < 1.29 is 27.5 Å². The fraction of sp³-hybridized carbons (Fsp3) is 0.478.